The van der Waals surface area contributed by atoms with Gasteiger partial charge in [0.1, 0.15) is 10.7 Å². The number of pyridine rings is 1. The van der Waals surface area contributed by atoms with E-state index in [4.69, 9.17) is 0 Å². The largest absolute Gasteiger partial charge is 0.418 e. The van der Waals surface area contributed by atoms with Crippen molar-refractivity contribution < 1.29 is 26.9 Å². The van der Waals surface area contributed by atoms with E-state index in [-0.39, 0.29) is 6.20 Å². The average Bonchev–Trinajstić information content (AvgIpc) is 2.14. The Bertz CT molecular complexity index is 462. The Balaban J connectivity index is 3.59. The number of aromatic nitrogens is 1. The highest BCUT2D eigenvalue weighted by Crippen LogP contribution is 2.43. The lowest BCUT2D eigenvalue weighted by Gasteiger charge is -2.12. The SMILES string of the molecule is O=[N+]([O-])c1ncc(C(F)F)c(C(F)(F)F)c1Br. The summed E-state index contributed by atoms with van der Waals surface area (Å²) in [5.41, 5.74) is -3.19. The van der Waals surface area contributed by atoms with Gasteiger partial charge in [0.25, 0.3) is 6.43 Å². The molecular weight excluding hydrogens is 319 g/mol. The molecule has 0 aliphatic carbocycles. The molecule has 10 heteroatoms. The van der Waals surface area contributed by atoms with Crippen LogP contribution in [0.5, 0.6) is 0 Å². The van der Waals surface area contributed by atoms with E-state index in [0.717, 1.165) is 0 Å². The molecule has 0 radical (unpaired) electrons. The van der Waals surface area contributed by atoms with Crippen LogP contribution in [-0.4, -0.2) is 9.91 Å². The van der Waals surface area contributed by atoms with E-state index in [9.17, 15) is 32.1 Å². The predicted molar refractivity (Wildman–Crippen MR) is 48.6 cm³/mol. The van der Waals surface area contributed by atoms with Gasteiger partial charge in [-0.15, -0.1) is 0 Å². The Kier molecular flexibility index (Phi) is 3.65. The maximum Gasteiger partial charge on any atom is 0.418 e. The van der Waals surface area contributed by atoms with E-state index in [0.29, 0.717) is 0 Å². The Morgan fingerprint density at radius 2 is 1.94 bits per heavy atom. The van der Waals surface area contributed by atoms with Crippen LogP contribution in [0.25, 0.3) is 0 Å². The normalized spacial score (nSPS) is 11.9. The van der Waals surface area contributed by atoms with Crippen molar-refractivity contribution >= 4 is 21.7 Å². The summed E-state index contributed by atoms with van der Waals surface area (Å²) < 4.78 is 61.1. The molecule has 0 unspecified atom stereocenters. The molecule has 0 amide bonds. The minimum Gasteiger partial charge on any atom is -0.358 e. The summed E-state index contributed by atoms with van der Waals surface area (Å²) in [4.78, 5) is 12.1. The van der Waals surface area contributed by atoms with Crippen LogP contribution in [0.15, 0.2) is 10.7 Å². The van der Waals surface area contributed by atoms with E-state index in [1.54, 1.807) is 0 Å². The first-order valence-corrected chi connectivity index (χ1v) is 4.63. The van der Waals surface area contributed by atoms with Gasteiger partial charge in [0, 0.05) is 0 Å². The summed E-state index contributed by atoms with van der Waals surface area (Å²) in [6, 6.07) is 0. The van der Waals surface area contributed by atoms with Gasteiger partial charge in [-0.05, 0) is 25.8 Å². The quantitative estimate of drug-likeness (QED) is 0.474. The minimum absolute atomic E-state index is 0.149. The molecule has 94 valence electrons. The fraction of sp³-hybridized carbons (Fsp3) is 0.286. The highest BCUT2D eigenvalue weighted by Gasteiger charge is 2.42. The van der Waals surface area contributed by atoms with E-state index >= 15 is 0 Å². The first kappa shape index (κ1) is 13.7. The third-order valence-corrected chi connectivity index (χ3v) is 2.47. The van der Waals surface area contributed by atoms with Crippen LogP contribution in [0, 0.1) is 10.1 Å². The van der Waals surface area contributed by atoms with E-state index in [1.165, 1.54) is 0 Å². The molecule has 0 N–H and O–H groups in total. The van der Waals surface area contributed by atoms with Gasteiger partial charge in [-0.25, -0.2) is 8.78 Å². The van der Waals surface area contributed by atoms with Crippen LogP contribution in [0.4, 0.5) is 27.8 Å². The summed E-state index contributed by atoms with van der Waals surface area (Å²) in [6.07, 6.45) is -8.43. The number of rotatable bonds is 2. The number of nitro groups is 1. The van der Waals surface area contributed by atoms with Crippen LogP contribution in [-0.2, 0) is 6.18 Å². The summed E-state index contributed by atoms with van der Waals surface area (Å²) in [5, 5.41) is 10.3. The lowest BCUT2D eigenvalue weighted by molar-refractivity contribution is -0.390. The second kappa shape index (κ2) is 4.51. The molecule has 17 heavy (non-hydrogen) atoms. The topological polar surface area (TPSA) is 56.0 Å². The zero-order valence-electron chi connectivity index (χ0n) is 7.63. The van der Waals surface area contributed by atoms with Crippen LogP contribution in [0.3, 0.4) is 0 Å². The molecule has 0 saturated carbocycles. The third-order valence-electron chi connectivity index (χ3n) is 1.72. The summed E-state index contributed by atoms with van der Waals surface area (Å²) in [6.45, 7) is 0. The first-order valence-electron chi connectivity index (χ1n) is 3.84. The molecule has 1 aromatic heterocycles. The Morgan fingerprint density at radius 1 is 1.41 bits per heavy atom. The highest BCUT2D eigenvalue weighted by atomic mass is 79.9. The molecule has 0 spiro atoms. The summed E-state index contributed by atoms with van der Waals surface area (Å²) in [5.74, 6) is -1.17. The number of alkyl halides is 5. The van der Waals surface area contributed by atoms with Gasteiger partial charge in [0.2, 0.25) is 0 Å². The second-order valence-corrected chi connectivity index (χ2v) is 3.57. The van der Waals surface area contributed by atoms with Crippen LogP contribution in [0.2, 0.25) is 0 Å². The molecule has 0 saturated heterocycles. The van der Waals surface area contributed by atoms with Gasteiger partial charge in [0.05, 0.1) is 11.1 Å². The van der Waals surface area contributed by atoms with Crippen molar-refractivity contribution in [2.45, 2.75) is 12.6 Å². The monoisotopic (exact) mass is 320 g/mol. The standard InChI is InChI=1S/C7H2BrF5N2O2/c8-4-3(7(11,12)13)2(5(9)10)1-14-6(4)15(16)17/h1,5H. The molecule has 0 atom stereocenters. The van der Waals surface area contributed by atoms with Crippen molar-refractivity contribution in [3.05, 3.63) is 31.9 Å². The molecule has 0 bridgehead atoms. The number of hydrogen-bond acceptors (Lipinski definition) is 3. The molecule has 1 rings (SSSR count). The molecule has 0 aliphatic rings. The van der Waals surface area contributed by atoms with Gasteiger partial charge in [-0.2, -0.15) is 13.2 Å². The molecule has 1 heterocycles. The lowest BCUT2D eigenvalue weighted by Crippen LogP contribution is -2.13. The predicted octanol–water partition coefficient (Wildman–Crippen LogP) is 3.71. The van der Waals surface area contributed by atoms with Crippen molar-refractivity contribution in [3.63, 3.8) is 0 Å². The molecule has 4 nitrogen and oxygen atoms in total. The number of halogens is 6. The average molecular weight is 321 g/mol. The van der Waals surface area contributed by atoms with Crippen LogP contribution < -0.4 is 0 Å². The van der Waals surface area contributed by atoms with Gasteiger partial charge in [0.15, 0.2) is 0 Å². The van der Waals surface area contributed by atoms with Gasteiger partial charge in [-0.3, -0.25) is 0 Å². The first-order chi connectivity index (χ1) is 7.66. The molecule has 0 fully saturated rings. The Labute approximate surface area is 98.7 Å². The second-order valence-electron chi connectivity index (χ2n) is 2.78. The van der Waals surface area contributed by atoms with E-state index < -0.39 is 38.9 Å². The van der Waals surface area contributed by atoms with Crippen LogP contribution in [0.1, 0.15) is 17.6 Å². The molecular formula is C7H2BrF5N2O2. The minimum atomic E-state index is -5.14. The number of nitrogens with zero attached hydrogens (tertiary/aromatic N) is 2. The zero-order valence-corrected chi connectivity index (χ0v) is 9.22. The van der Waals surface area contributed by atoms with Crippen molar-refractivity contribution in [3.8, 4) is 0 Å². The lowest BCUT2D eigenvalue weighted by atomic mass is 10.1. The van der Waals surface area contributed by atoms with Crippen molar-refractivity contribution in [2.24, 2.45) is 0 Å². The summed E-state index contributed by atoms with van der Waals surface area (Å²) >= 11 is 2.28. The Hall–Kier alpha value is -1.32. The molecule has 1 aromatic rings. The maximum absolute atomic E-state index is 12.5. The van der Waals surface area contributed by atoms with Crippen molar-refractivity contribution in [2.75, 3.05) is 0 Å². The van der Waals surface area contributed by atoms with Crippen molar-refractivity contribution in [1.29, 1.82) is 0 Å². The maximum atomic E-state index is 12.5. The fourth-order valence-corrected chi connectivity index (χ4v) is 1.77. The van der Waals surface area contributed by atoms with Gasteiger partial charge >= 0.3 is 12.0 Å². The van der Waals surface area contributed by atoms with E-state index in [2.05, 4.69) is 20.9 Å². The zero-order chi connectivity index (χ0) is 13.4. The third kappa shape index (κ3) is 2.68. The van der Waals surface area contributed by atoms with Crippen LogP contribution >= 0.6 is 15.9 Å². The Morgan fingerprint density at radius 3 is 2.29 bits per heavy atom. The van der Waals surface area contributed by atoms with Gasteiger partial charge < -0.3 is 10.1 Å². The fourth-order valence-electron chi connectivity index (χ4n) is 1.07. The van der Waals surface area contributed by atoms with Gasteiger partial charge in [-0.1, -0.05) is 0 Å². The molecule has 0 aliphatic heterocycles. The molecule has 0 aromatic carbocycles. The summed E-state index contributed by atoms with van der Waals surface area (Å²) in [7, 11) is 0. The number of hydrogen-bond donors (Lipinski definition) is 0. The highest BCUT2D eigenvalue weighted by molar-refractivity contribution is 9.10. The smallest absolute Gasteiger partial charge is 0.358 e. The van der Waals surface area contributed by atoms with E-state index in [1.807, 2.05) is 0 Å². The van der Waals surface area contributed by atoms with Crippen molar-refractivity contribution in [1.82, 2.24) is 4.98 Å².